The first-order chi connectivity index (χ1) is 8.28. The third kappa shape index (κ3) is 3.49. The molecule has 0 fully saturated rings. The van der Waals surface area contributed by atoms with Crippen LogP contribution in [0.5, 0.6) is 5.75 Å². The Labute approximate surface area is 106 Å². The zero-order valence-corrected chi connectivity index (χ0v) is 10.5. The highest BCUT2D eigenvalue weighted by molar-refractivity contribution is 6.17. The van der Waals surface area contributed by atoms with Crippen LogP contribution in [0.15, 0.2) is 36.7 Å². The van der Waals surface area contributed by atoms with Crippen molar-refractivity contribution in [3.8, 4) is 5.75 Å². The topological polar surface area (TPSA) is 27.1 Å². The van der Waals surface area contributed by atoms with Crippen LogP contribution in [0.1, 0.15) is 11.1 Å². The van der Waals surface area contributed by atoms with Gasteiger partial charge in [0.1, 0.15) is 5.75 Å². The van der Waals surface area contributed by atoms with Crippen molar-refractivity contribution in [2.45, 2.75) is 12.3 Å². The second-order valence-electron chi connectivity index (χ2n) is 3.90. The summed E-state index contributed by atoms with van der Waals surface area (Å²) in [6.45, 7) is 0.650. The number of halogens is 1. The van der Waals surface area contributed by atoms with Crippen LogP contribution in [-0.2, 0) is 19.3 Å². The fourth-order valence-corrected chi connectivity index (χ4v) is 1.77. The molecule has 3 nitrogen and oxygen atoms in total. The van der Waals surface area contributed by atoms with Crippen molar-refractivity contribution in [3.05, 3.63) is 47.8 Å². The second-order valence-corrected chi connectivity index (χ2v) is 4.17. The van der Waals surface area contributed by atoms with E-state index < -0.39 is 0 Å². The van der Waals surface area contributed by atoms with Gasteiger partial charge in [-0.1, -0.05) is 12.1 Å². The summed E-state index contributed by atoms with van der Waals surface area (Å²) in [6.07, 6.45) is 4.72. The lowest BCUT2D eigenvalue weighted by Crippen LogP contribution is -2.00. The van der Waals surface area contributed by atoms with Crippen LogP contribution < -0.4 is 4.74 Å². The third-order valence-corrected chi connectivity index (χ3v) is 2.78. The van der Waals surface area contributed by atoms with E-state index in [2.05, 4.69) is 5.10 Å². The van der Waals surface area contributed by atoms with Gasteiger partial charge in [0.2, 0.25) is 0 Å². The van der Waals surface area contributed by atoms with E-state index in [0.29, 0.717) is 12.5 Å². The molecule has 2 rings (SSSR count). The van der Waals surface area contributed by atoms with Gasteiger partial charge in [-0.15, -0.1) is 11.6 Å². The molecular weight excluding hydrogens is 236 g/mol. The van der Waals surface area contributed by atoms with Crippen molar-refractivity contribution in [2.75, 3.05) is 6.61 Å². The first-order valence-electron chi connectivity index (χ1n) is 5.53. The fourth-order valence-electron chi connectivity index (χ4n) is 1.61. The van der Waals surface area contributed by atoms with Crippen molar-refractivity contribution in [1.29, 1.82) is 0 Å². The predicted octanol–water partition coefficient (Wildman–Crippen LogP) is 2.78. The summed E-state index contributed by atoms with van der Waals surface area (Å²) in [4.78, 5) is 0. The maximum absolute atomic E-state index is 5.76. The summed E-state index contributed by atoms with van der Waals surface area (Å²) < 4.78 is 7.46. The van der Waals surface area contributed by atoms with Crippen molar-refractivity contribution < 1.29 is 4.74 Å². The summed E-state index contributed by atoms with van der Waals surface area (Å²) in [6, 6.07) is 7.85. The second kappa shape index (κ2) is 5.73. The maximum atomic E-state index is 5.76. The monoisotopic (exact) mass is 250 g/mol. The van der Waals surface area contributed by atoms with Crippen LogP contribution in [0.25, 0.3) is 0 Å². The van der Waals surface area contributed by atoms with Crippen LogP contribution in [0.4, 0.5) is 0 Å². The van der Waals surface area contributed by atoms with E-state index in [1.54, 1.807) is 4.68 Å². The minimum absolute atomic E-state index is 0.514. The van der Waals surface area contributed by atoms with Crippen LogP contribution in [-0.4, -0.2) is 16.4 Å². The van der Waals surface area contributed by atoms with Gasteiger partial charge in [0.25, 0.3) is 0 Å². The summed E-state index contributed by atoms with van der Waals surface area (Å²) in [7, 11) is 1.91. The summed E-state index contributed by atoms with van der Waals surface area (Å²) in [5.74, 6) is 1.38. The average molecular weight is 251 g/mol. The lowest BCUT2D eigenvalue weighted by Gasteiger charge is -2.06. The molecule has 17 heavy (non-hydrogen) atoms. The SMILES string of the molecule is Cn1cc(CCOc2cccc(CCl)c2)cn1. The quantitative estimate of drug-likeness (QED) is 0.763. The number of ether oxygens (including phenoxy) is 1. The molecule has 1 aromatic heterocycles. The highest BCUT2D eigenvalue weighted by atomic mass is 35.5. The predicted molar refractivity (Wildman–Crippen MR) is 68.4 cm³/mol. The lowest BCUT2D eigenvalue weighted by molar-refractivity contribution is 0.321. The molecule has 0 bridgehead atoms. The van der Waals surface area contributed by atoms with Gasteiger partial charge in [-0.25, -0.2) is 0 Å². The maximum Gasteiger partial charge on any atom is 0.119 e. The van der Waals surface area contributed by atoms with Gasteiger partial charge in [-0.05, 0) is 23.3 Å². The zero-order valence-electron chi connectivity index (χ0n) is 9.77. The van der Waals surface area contributed by atoms with Crippen molar-refractivity contribution in [2.24, 2.45) is 7.05 Å². The van der Waals surface area contributed by atoms with Crippen LogP contribution in [0.2, 0.25) is 0 Å². The van der Waals surface area contributed by atoms with Crippen LogP contribution in [0, 0.1) is 0 Å². The Balaban J connectivity index is 1.85. The van der Waals surface area contributed by atoms with Gasteiger partial charge >= 0.3 is 0 Å². The first-order valence-corrected chi connectivity index (χ1v) is 6.06. The number of hydrogen-bond donors (Lipinski definition) is 0. The summed E-state index contributed by atoms with van der Waals surface area (Å²) >= 11 is 5.76. The normalized spacial score (nSPS) is 10.5. The first kappa shape index (κ1) is 12.0. The third-order valence-electron chi connectivity index (χ3n) is 2.47. The standard InChI is InChI=1S/C13H15ClN2O/c1-16-10-12(9-15-16)5-6-17-13-4-2-3-11(7-13)8-14/h2-4,7,9-10H,5-6,8H2,1H3. The summed E-state index contributed by atoms with van der Waals surface area (Å²) in [5.41, 5.74) is 2.26. The molecule has 0 saturated heterocycles. The molecule has 0 saturated carbocycles. The van der Waals surface area contributed by atoms with E-state index in [-0.39, 0.29) is 0 Å². The molecule has 0 aliphatic carbocycles. The molecule has 0 N–H and O–H groups in total. The molecule has 0 atom stereocenters. The van der Waals surface area contributed by atoms with E-state index >= 15 is 0 Å². The van der Waals surface area contributed by atoms with E-state index in [1.165, 1.54) is 5.56 Å². The van der Waals surface area contributed by atoms with Gasteiger partial charge in [0.15, 0.2) is 0 Å². The molecule has 0 unspecified atom stereocenters. The number of alkyl halides is 1. The summed E-state index contributed by atoms with van der Waals surface area (Å²) in [5, 5.41) is 4.11. The molecule has 1 aromatic carbocycles. The van der Waals surface area contributed by atoms with Crippen LogP contribution >= 0.6 is 11.6 Å². The Morgan fingerprint density at radius 3 is 2.94 bits per heavy atom. The smallest absolute Gasteiger partial charge is 0.119 e. The number of rotatable bonds is 5. The molecule has 0 aliphatic rings. The largest absolute Gasteiger partial charge is 0.493 e. The molecule has 90 valence electrons. The molecular formula is C13H15ClN2O. The average Bonchev–Trinajstić information content (AvgIpc) is 2.75. The van der Waals surface area contributed by atoms with Gasteiger partial charge in [0.05, 0.1) is 12.8 Å². The number of aryl methyl sites for hydroxylation is 1. The van der Waals surface area contributed by atoms with E-state index in [0.717, 1.165) is 17.7 Å². The Hall–Kier alpha value is -1.48. The fraction of sp³-hybridized carbons (Fsp3) is 0.308. The molecule has 0 spiro atoms. The van der Waals surface area contributed by atoms with Crippen LogP contribution in [0.3, 0.4) is 0 Å². The number of hydrogen-bond acceptors (Lipinski definition) is 2. The van der Waals surface area contributed by atoms with E-state index in [9.17, 15) is 0 Å². The molecule has 2 aromatic rings. The molecule has 1 heterocycles. The molecule has 0 amide bonds. The Morgan fingerprint density at radius 1 is 1.35 bits per heavy atom. The van der Waals surface area contributed by atoms with Gasteiger partial charge < -0.3 is 4.74 Å². The Morgan fingerprint density at radius 2 is 2.24 bits per heavy atom. The molecule has 0 radical (unpaired) electrons. The Kier molecular flexibility index (Phi) is 4.04. The van der Waals surface area contributed by atoms with E-state index in [4.69, 9.17) is 16.3 Å². The highest BCUT2D eigenvalue weighted by Crippen LogP contribution is 2.15. The minimum atomic E-state index is 0.514. The molecule has 0 aliphatic heterocycles. The number of aromatic nitrogens is 2. The van der Waals surface area contributed by atoms with Gasteiger partial charge in [0, 0.05) is 25.5 Å². The van der Waals surface area contributed by atoms with E-state index in [1.807, 2.05) is 43.7 Å². The molecule has 4 heteroatoms. The van der Waals surface area contributed by atoms with Crippen molar-refractivity contribution >= 4 is 11.6 Å². The zero-order chi connectivity index (χ0) is 12.1. The highest BCUT2D eigenvalue weighted by Gasteiger charge is 1.99. The number of benzene rings is 1. The van der Waals surface area contributed by atoms with Gasteiger partial charge in [-0.2, -0.15) is 5.10 Å². The van der Waals surface area contributed by atoms with Gasteiger partial charge in [-0.3, -0.25) is 4.68 Å². The minimum Gasteiger partial charge on any atom is -0.493 e. The van der Waals surface area contributed by atoms with Crippen molar-refractivity contribution in [3.63, 3.8) is 0 Å². The lowest BCUT2D eigenvalue weighted by atomic mass is 10.2. The Bertz CT molecular complexity index is 482. The number of nitrogens with zero attached hydrogens (tertiary/aromatic N) is 2. The van der Waals surface area contributed by atoms with Crippen molar-refractivity contribution in [1.82, 2.24) is 9.78 Å².